The fourth-order valence-corrected chi connectivity index (χ4v) is 3.12. The molecule has 2 aromatic rings. The molecule has 0 saturated heterocycles. The third-order valence-corrected chi connectivity index (χ3v) is 4.74. The standard InChI is InChI=1S/C19H24ClFN4O2/c1-5-24(6-2)16(26)12-23(4)19(27)17-13(3)22-25(18(17)20)11-14-7-9-15(21)10-8-14/h7-10H,5-6,11-12H2,1-4H3. The summed E-state index contributed by atoms with van der Waals surface area (Å²) in [7, 11) is 1.57. The minimum atomic E-state index is -0.358. The average molecular weight is 395 g/mol. The molecule has 0 atom stereocenters. The van der Waals surface area contributed by atoms with Crippen LogP contribution in [-0.4, -0.2) is 58.1 Å². The molecule has 1 aromatic carbocycles. The van der Waals surface area contributed by atoms with E-state index in [4.69, 9.17) is 11.6 Å². The highest BCUT2D eigenvalue weighted by molar-refractivity contribution is 6.33. The quantitative estimate of drug-likeness (QED) is 0.725. The molecule has 1 aromatic heterocycles. The fourth-order valence-electron chi connectivity index (χ4n) is 2.81. The van der Waals surface area contributed by atoms with Gasteiger partial charge in [-0.3, -0.25) is 9.59 Å². The number of halogens is 2. The summed E-state index contributed by atoms with van der Waals surface area (Å²) in [6.45, 7) is 6.95. The Bertz CT molecular complexity index is 816. The molecule has 27 heavy (non-hydrogen) atoms. The molecule has 2 rings (SSSR count). The van der Waals surface area contributed by atoms with Gasteiger partial charge in [0, 0.05) is 20.1 Å². The van der Waals surface area contributed by atoms with E-state index in [1.807, 2.05) is 13.8 Å². The van der Waals surface area contributed by atoms with Crippen LogP contribution in [0.5, 0.6) is 0 Å². The number of hydrogen-bond acceptors (Lipinski definition) is 3. The fraction of sp³-hybridized carbons (Fsp3) is 0.421. The summed E-state index contributed by atoms with van der Waals surface area (Å²) in [5.41, 5.74) is 1.56. The Balaban J connectivity index is 2.18. The van der Waals surface area contributed by atoms with E-state index < -0.39 is 0 Å². The Labute approximate surface area is 163 Å². The zero-order chi connectivity index (χ0) is 20.1. The Morgan fingerprint density at radius 3 is 2.33 bits per heavy atom. The predicted octanol–water partition coefficient (Wildman–Crippen LogP) is 2.97. The van der Waals surface area contributed by atoms with Crippen molar-refractivity contribution in [1.82, 2.24) is 19.6 Å². The number of carbonyl (C=O) groups is 2. The van der Waals surface area contributed by atoms with Gasteiger partial charge in [-0.05, 0) is 38.5 Å². The average Bonchev–Trinajstić information content (AvgIpc) is 2.90. The van der Waals surface area contributed by atoms with E-state index in [1.54, 1.807) is 31.0 Å². The van der Waals surface area contributed by atoms with Gasteiger partial charge >= 0.3 is 0 Å². The van der Waals surface area contributed by atoms with Crippen molar-refractivity contribution in [2.24, 2.45) is 0 Å². The van der Waals surface area contributed by atoms with Crippen LogP contribution in [0.4, 0.5) is 4.39 Å². The van der Waals surface area contributed by atoms with Crippen LogP contribution in [0.2, 0.25) is 5.15 Å². The molecular formula is C19H24ClFN4O2. The normalized spacial score (nSPS) is 10.7. The van der Waals surface area contributed by atoms with Crippen molar-refractivity contribution in [3.63, 3.8) is 0 Å². The number of carbonyl (C=O) groups excluding carboxylic acids is 2. The minimum absolute atomic E-state index is 0.0283. The maximum atomic E-state index is 13.1. The Kier molecular flexibility index (Phi) is 6.96. The number of amides is 2. The van der Waals surface area contributed by atoms with E-state index in [1.165, 1.54) is 21.7 Å². The van der Waals surface area contributed by atoms with Crippen LogP contribution in [-0.2, 0) is 11.3 Å². The molecule has 0 N–H and O–H groups in total. The first-order valence-electron chi connectivity index (χ1n) is 8.79. The van der Waals surface area contributed by atoms with Crippen LogP contribution in [0.25, 0.3) is 0 Å². The van der Waals surface area contributed by atoms with E-state index in [0.717, 1.165) is 5.56 Å². The lowest BCUT2D eigenvalue weighted by Gasteiger charge is -2.23. The molecular weight excluding hydrogens is 371 g/mol. The van der Waals surface area contributed by atoms with Crippen molar-refractivity contribution in [2.75, 3.05) is 26.7 Å². The highest BCUT2D eigenvalue weighted by atomic mass is 35.5. The van der Waals surface area contributed by atoms with Crippen LogP contribution in [0.15, 0.2) is 24.3 Å². The first-order valence-corrected chi connectivity index (χ1v) is 9.16. The van der Waals surface area contributed by atoms with Gasteiger partial charge in [-0.25, -0.2) is 9.07 Å². The minimum Gasteiger partial charge on any atom is -0.342 e. The molecule has 2 amide bonds. The first-order chi connectivity index (χ1) is 12.8. The van der Waals surface area contributed by atoms with Gasteiger partial charge in [0.2, 0.25) is 5.91 Å². The van der Waals surface area contributed by atoms with E-state index >= 15 is 0 Å². The molecule has 0 fully saturated rings. The van der Waals surface area contributed by atoms with Crippen molar-refractivity contribution >= 4 is 23.4 Å². The summed E-state index contributed by atoms with van der Waals surface area (Å²) in [6.07, 6.45) is 0. The number of rotatable bonds is 7. The lowest BCUT2D eigenvalue weighted by Crippen LogP contribution is -2.41. The van der Waals surface area contributed by atoms with E-state index in [-0.39, 0.29) is 34.9 Å². The molecule has 0 unspecified atom stereocenters. The Hall–Kier alpha value is -2.41. The number of likely N-dealkylation sites (N-methyl/N-ethyl adjacent to an activating group) is 2. The van der Waals surface area contributed by atoms with Gasteiger partial charge in [0.15, 0.2) is 0 Å². The SMILES string of the molecule is CCN(CC)C(=O)CN(C)C(=O)c1c(C)nn(Cc2ccc(F)cc2)c1Cl. The summed E-state index contributed by atoms with van der Waals surface area (Å²) in [6, 6.07) is 5.99. The largest absolute Gasteiger partial charge is 0.342 e. The lowest BCUT2D eigenvalue weighted by molar-refractivity contribution is -0.131. The van der Waals surface area contributed by atoms with Crippen LogP contribution < -0.4 is 0 Å². The van der Waals surface area contributed by atoms with E-state index in [9.17, 15) is 14.0 Å². The summed E-state index contributed by atoms with van der Waals surface area (Å²) in [5.74, 6) is -0.802. The molecule has 0 bridgehead atoms. The second kappa shape index (κ2) is 8.99. The Morgan fingerprint density at radius 1 is 1.19 bits per heavy atom. The molecule has 0 radical (unpaired) electrons. The number of nitrogens with zero attached hydrogens (tertiary/aromatic N) is 4. The van der Waals surface area contributed by atoms with Gasteiger partial charge in [-0.2, -0.15) is 5.10 Å². The lowest BCUT2D eigenvalue weighted by atomic mass is 10.2. The van der Waals surface area contributed by atoms with Gasteiger partial charge in [0.05, 0.1) is 24.3 Å². The van der Waals surface area contributed by atoms with Crippen LogP contribution in [0.1, 0.15) is 35.5 Å². The summed E-state index contributed by atoms with van der Waals surface area (Å²) in [5, 5.41) is 4.52. The molecule has 0 aliphatic rings. The molecule has 0 saturated carbocycles. The number of aromatic nitrogens is 2. The molecule has 6 nitrogen and oxygen atoms in total. The van der Waals surface area contributed by atoms with Crippen molar-refractivity contribution in [3.05, 3.63) is 52.1 Å². The third kappa shape index (κ3) is 4.86. The first kappa shape index (κ1) is 20.9. The molecule has 146 valence electrons. The topological polar surface area (TPSA) is 58.4 Å². The Morgan fingerprint density at radius 2 is 1.78 bits per heavy atom. The number of hydrogen-bond donors (Lipinski definition) is 0. The summed E-state index contributed by atoms with van der Waals surface area (Å²) < 4.78 is 14.5. The third-order valence-electron chi connectivity index (χ3n) is 4.36. The highest BCUT2D eigenvalue weighted by Gasteiger charge is 2.25. The maximum absolute atomic E-state index is 13.1. The molecule has 8 heteroatoms. The predicted molar refractivity (Wildman–Crippen MR) is 102 cm³/mol. The summed E-state index contributed by atoms with van der Waals surface area (Å²) >= 11 is 6.39. The zero-order valence-electron chi connectivity index (χ0n) is 16.0. The monoisotopic (exact) mass is 394 g/mol. The second-order valence-corrected chi connectivity index (χ2v) is 6.62. The smallest absolute Gasteiger partial charge is 0.259 e. The van der Waals surface area contributed by atoms with Crippen molar-refractivity contribution in [1.29, 1.82) is 0 Å². The maximum Gasteiger partial charge on any atom is 0.259 e. The molecule has 0 spiro atoms. The van der Waals surface area contributed by atoms with Gasteiger partial charge in [0.1, 0.15) is 11.0 Å². The van der Waals surface area contributed by atoms with Crippen molar-refractivity contribution < 1.29 is 14.0 Å². The molecule has 1 heterocycles. The van der Waals surface area contributed by atoms with Crippen molar-refractivity contribution in [2.45, 2.75) is 27.3 Å². The summed E-state index contributed by atoms with van der Waals surface area (Å²) in [4.78, 5) is 28.1. The zero-order valence-corrected chi connectivity index (χ0v) is 16.8. The van der Waals surface area contributed by atoms with E-state index in [0.29, 0.717) is 25.3 Å². The van der Waals surface area contributed by atoms with E-state index in [2.05, 4.69) is 5.10 Å². The van der Waals surface area contributed by atoms with Crippen LogP contribution in [0, 0.1) is 12.7 Å². The van der Waals surface area contributed by atoms with Crippen LogP contribution >= 0.6 is 11.6 Å². The van der Waals surface area contributed by atoms with Gasteiger partial charge in [-0.15, -0.1) is 0 Å². The van der Waals surface area contributed by atoms with Crippen molar-refractivity contribution in [3.8, 4) is 0 Å². The number of benzene rings is 1. The van der Waals surface area contributed by atoms with Gasteiger partial charge in [0.25, 0.3) is 5.91 Å². The second-order valence-electron chi connectivity index (χ2n) is 6.26. The van der Waals surface area contributed by atoms with Gasteiger partial charge in [-0.1, -0.05) is 23.7 Å². The van der Waals surface area contributed by atoms with Gasteiger partial charge < -0.3 is 9.80 Å². The molecule has 0 aliphatic heterocycles. The number of aryl methyl sites for hydroxylation is 1. The highest BCUT2D eigenvalue weighted by Crippen LogP contribution is 2.22. The van der Waals surface area contributed by atoms with Crippen LogP contribution in [0.3, 0.4) is 0 Å². The molecule has 0 aliphatic carbocycles.